The number of hydrogen-bond donors (Lipinski definition) is 1. The van der Waals surface area contributed by atoms with Crippen LogP contribution in [0.15, 0.2) is 66.7 Å². The third kappa shape index (κ3) is 4.33. The Bertz CT molecular complexity index is 1240. The minimum atomic E-state index is -0.886. The number of hydrogen-bond acceptors (Lipinski definition) is 5. The molecule has 0 radical (unpaired) electrons. The van der Waals surface area contributed by atoms with Crippen molar-refractivity contribution in [1.82, 2.24) is 4.90 Å². The van der Waals surface area contributed by atoms with Gasteiger partial charge in [-0.25, -0.2) is 4.79 Å². The van der Waals surface area contributed by atoms with Gasteiger partial charge in [-0.1, -0.05) is 48.5 Å². The van der Waals surface area contributed by atoms with Gasteiger partial charge in [0.2, 0.25) is 0 Å². The topological polar surface area (TPSA) is 68.2 Å². The maximum atomic E-state index is 13.4. The standard InChI is InChI=1S/C31H33NO5/c1-35-23-13-20(14-24(15-23)36-2)16-31(34)17-21-11-12-22(18-31)32(21)30(33)37-19-29-27-9-5-3-7-25(27)26-8-4-6-10-28(26)29/h3-10,13-15,21-22,29,34H,11-12,16-19H2,1-2H3. The van der Waals surface area contributed by atoms with Crippen molar-refractivity contribution >= 4 is 6.09 Å². The number of piperidine rings is 1. The lowest BCUT2D eigenvalue weighted by atomic mass is 9.81. The number of amides is 1. The molecule has 2 saturated heterocycles. The fourth-order valence-corrected chi connectivity index (χ4v) is 6.78. The van der Waals surface area contributed by atoms with Gasteiger partial charge in [-0.2, -0.15) is 0 Å². The molecule has 3 aliphatic rings. The van der Waals surface area contributed by atoms with E-state index in [1.165, 1.54) is 22.3 Å². The summed E-state index contributed by atoms with van der Waals surface area (Å²) in [4.78, 5) is 15.3. The molecule has 1 amide bonds. The predicted molar refractivity (Wildman–Crippen MR) is 141 cm³/mol. The van der Waals surface area contributed by atoms with Gasteiger partial charge in [-0.15, -0.1) is 0 Å². The molecule has 6 heteroatoms. The van der Waals surface area contributed by atoms with Crippen molar-refractivity contribution in [3.05, 3.63) is 83.4 Å². The second-order valence-corrected chi connectivity index (χ2v) is 10.6. The molecule has 2 fully saturated rings. The molecule has 1 aliphatic carbocycles. The number of rotatable bonds is 6. The van der Waals surface area contributed by atoms with E-state index in [4.69, 9.17) is 14.2 Å². The highest BCUT2D eigenvalue weighted by Crippen LogP contribution is 2.46. The van der Waals surface area contributed by atoms with Crippen LogP contribution in [0.3, 0.4) is 0 Å². The van der Waals surface area contributed by atoms with Crippen LogP contribution in [-0.2, 0) is 11.2 Å². The third-order valence-corrected chi connectivity index (χ3v) is 8.34. The lowest BCUT2D eigenvalue weighted by molar-refractivity contribution is -0.0479. The zero-order valence-electron chi connectivity index (χ0n) is 21.4. The summed E-state index contributed by atoms with van der Waals surface area (Å²) in [5.74, 6) is 1.45. The maximum Gasteiger partial charge on any atom is 0.410 e. The zero-order chi connectivity index (χ0) is 25.6. The summed E-state index contributed by atoms with van der Waals surface area (Å²) in [7, 11) is 3.25. The molecule has 0 spiro atoms. The van der Waals surface area contributed by atoms with Crippen molar-refractivity contribution in [2.75, 3.05) is 20.8 Å². The molecule has 1 N–H and O–H groups in total. The lowest BCUT2D eigenvalue weighted by Gasteiger charge is -2.43. The molecule has 0 saturated carbocycles. The first kappa shape index (κ1) is 23.9. The summed E-state index contributed by atoms with van der Waals surface area (Å²) in [5, 5.41) is 11.6. The summed E-state index contributed by atoms with van der Waals surface area (Å²) < 4.78 is 16.8. The number of nitrogens with zero attached hydrogens (tertiary/aromatic N) is 1. The second-order valence-electron chi connectivity index (χ2n) is 10.6. The summed E-state index contributed by atoms with van der Waals surface area (Å²) in [6.07, 6.45) is 3.07. The highest BCUT2D eigenvalue weighted by atomic mass is 16.6. The van der Waals surface area contributed by atoms with Gasteiger partial charge in [0, 0.05) is 30.5 Å². The van der Waals surface area contributed by atoms with E-state index in [-0.39, 0.29) is 24.1 Å². The number of fused-ring (bicyclic) bond motifs is 5. The summed E-state index contributed by atoms with van der Waals surface area (Å²) in [5.41, 5.74) is 4.94. The highest BCUT2D eigenvalue weighted by molar-refractivity contribution is 5.79. The van der Waals surface area contributed by atoms with Crippen molar-refractivity contribution in [2.45, 2.75) is 55.7 Å². The quantitative estimate of drug-likeness (QED) is 0.481. The monoisotopic (exact) mass is 499 g/mol. The van der Waals surface area contributed by atoms with Crippen LogP contribution >= 0.6 is 0 Å². The van der Waals surface area contributed by atoms with Gasteiger partial charge in [0.25, 0.3) is 0 Å². The van der Waals surface area contributed by atoms with Gasteiger partial charge >= 0.3 is 6.09 Å². The highest BCUT2D eigenvalue weighted by Gasteiger charge is 2.50. The number of carbonyl (C=O) groups excluding carboxylic acids is 1. The first-order valence-corrected chi connectivity index (χ1v) is 13.1. The average Bonchev–Trinajstić information content (AvgIpc) is 3.39. The van der Waals surface area contributed by atoms with E-state index < -0.39 is 5.60 Å². The first-order chi connectivity index (χ1) is 18.0. The third-order valence-electron chi connectivity index (χ3n) is 8.34. The molecule has 2 aliphatic heterocycles. The normalized spacial score (nSPS) is 23.9. The van der Waals surface area contributed by atoms with Gasteiger partial charge in [0.1, 0.15) is 18.1 Å². The van der Waals surface area contributed by atoms with Crippen LogP contribution < -0.4 is 9.47 Å². The minimum absolute atomic E-state index is 0.0214. The SMILES string of the molecule is COc1cc(CC2(O)CC3CCC(C2)N3C(=O)OCC2c3ccccc3-c3ccccc32)cc(OC)c1. The number of aliphatic hydroxyl groups is 1. The molecular weight excluding hydrogens is 466 g/mol. The fraction of sp³-hybridized carbons (Fsp3) is 0.387. The Labute approximate surface area is 217 Å². The Balaban J connectivity index is 1.14. The summed E-state index contributed by atoms with van der Waals surface area (Å²) in [6, 6.07) is 22.4. The van der Waals surface area contributed by atoms with E-state index in [0.29, 0.717) is 37.4 Å². The van der Waals surface area contributed by atoms with E-state index in [1.807, 2.05) is 35.2 Å². The molecular formula is C31H33NO5. The van der Waals surface area contributed by atoms with E-state index in [0.717, 1.165) is 18.4 Å². The molecule has 37 heavy (non-hydrogen) atoms. The Kier molecular flexibility index (Phi) is 6.07. The Morgan fingerprint density at radius 1 is 0.892 bits per heavy atom. The zero-order valence-corrected chi connectivity index (χ0v) is 21.4. The van der Waals surface area contributed by atoms with Gasteiger partial charge < -0.3 is 24.2 Å². The van der Waals surface area contributed by atoms with Crippen LogP contribution in [0.4, 0.5) is 4.79 Å². The van der Waals surface area contributed by atoms with E-state index in [9.17, 15) is 9.90 Å². The Hall–Kier alpha value is -3.51. The van der Waals surface area contributed by atoms with Crippen molar-refractivity contribution < 1.29 is 24.1 Å². The molecule has 192 valence electrons. The Morgan fingerprint density at radius 2 is 1.43 bits per heavy atom. The van der Waals surface area contributed by atoms with Crippen LogP contribution in [0.25, 0.3) is 11.1 Å². The molecule has 0 aromatic heterocycles. The number of benzene rings is 3. The summed E-state index contributed by atoms with van der Waals surface area (Å²) >= 11 is 0. The number of methoxy groups -OCH3 is 2. The van der Waals surface area contributed by atoms with Gasteiger partial charge in [0.15, 0.2) is 0 Å². The number of carbonyl (C=O) groups is 1. The first-order valence-electron chi connectivity index (χ1n) is 13.1. The van der Waals surface area contributed by atoms with Crippen LogP contribution in [-0.4, -0.2) is 54.6 Å². The Morgan fingerprint density at radius 3 is 1.97 bits per heavy atom. The molecule has 2 heterocycles. The predicted octanol–water partition coefficient (Wildman–Crippen LogP) is 5.55. The molecule has 2 atom stereocenters. The van der Waals surface area contributed by atoms with E-state index in [2.05, 4.69) is 36.4 Å². The van der Waals surface area contributed by atoms with Crippen molar-refractivity contribution in [2.24, 2.45) is 0 Å². The molecule has 2 unspecified atom stereocenters. The maximum absolute atomic E-state index is 13.4. The molecule has 3 aromatic carbocycles. The van der Waals surface area contributed by atoms with Crippen LogP contribution in [0.2, 0.25) is 0 Å². The molecule has 6 rings (SSSR count). The largest absolute Gasteiger partial charge is 0.497 e. The van der Waals surface area contributed by atoms with Crippen molar-refractivity contribution in [3.8, 4) is 22.6 Å². The van der Waals surface area contributed by atoms with E-state index >= 15 is 0 Å². The van der Waals surface area contributed by atoms with Crippen molar-refractivity contribution in [1.29, 1.82) is 0 Å². The van der Waals surface area contributed by atoms with Gasteiger partial charge in [0.05, 0.1) is 19.8 Å². The molecule has 2 bridgehead atoms. The van der Waals surface area contributed by atoms with Crippen molar-refractivity contribution in [3.63, 3.8) is 0 Å². The molecule has 6 nitrogen and oxygen atoms in total. The van der Waals surface area contributed by atoms with Crippen LogP contribution in [0.5, 0.6) is 11.5 Å². The minimum Gasteiger partial charge on any atom is -0.497 e. The van der Waals surface area contributed by atoms with Gasteiger partial charge in [-0.05, 0) is 65.6 Å². The van der Waals surface area contributed by atoms with Crippen LogP contribution in [0.1, 0.15) is 48.3 Å². The lowest BCUT2D eigenvalue weighted by Crippen LogP contribution is -2.54. The average molecular weight is 500 g/mol. The number of ether oxygens (including phenoxy) is 3. The van der Waals surface area contributed by atoms with E-state index in [1.54, 1.807) is 14.2 Å². The van der Waals surface area contributed by atoms with Gasteiger partial charge in [-0.3, -0.25) is 0 Å². The van der Waals surface area contributed by atoms with Crippen LogP contribution in [0, 0.1) is 0 Å². The second kappa shape index (κ2) is 9.42. The molecule has 3 aromatic rings. The fourth-order valence-electron chi connectivity index (χ4n) is 6.78. The smallest absolute Gasteiger partial charge is 0.410 e. The summed E-state index contributed by atoms with van der Waals surface area (Å²) in [6.45, 7) is 0.316.